The molecule has 3 rings (SSSR count). The smallest absolute Gasteiger partial charge is 0.258 e. The normalized spacial score (nSPS) is 16.6. The van der Waals surface area contributed by atoms with E-state index < -0.39 is 0 Å². The number of piperazine rings is 1. The quantitative estimate of drug-likeness (QED) is 0.885. The third-order valence-corrected chi connectivity index (χ3v) is 4.37. The molecule has 1 unspecified atom stereocenters. The fourth-order valence-corrected chi connectivity index (χ4v) is 3.09. The Hall–Kier alpha value is -2.31. The number of nitrogens with one attached hydrogen (secondary N) is 1. The molecule has 1 saturated heterocycles. The summed E-state index contributed by atoms with van der Waals surface area (Å²) in [7, 11) is 3.08. The lowest BCUT2D eigenvalue weighted by molar-refractivity contribution is 0.0630. The molecular formula is C19H22ClFN2O3. The lowest BCUT2D eigenvalue weighted by Gasteiger charge is -2.37. The van der Waals surface area contributed by atoms with Crippen LogP contribution >= 0.6 is 12.4 Å². The van der Waals surface area contributed by atoms with Crippen molar-refractivity contribution in [3.8, 4) is 11.5 Å². The summed E-state index contributed by atoms with van der Waals surface area (Å²) in [5, 5.41) is 3.27. The SMILES string of the molecule is COc1ccc(OC)c(C(=O)N2CCNCC2c2cccc(F)c2)c1.Cl. The number of benzene rings is 2. The van der Waals surface area contributed by atoms with E-state index in [9.17, 15) is 9.18 Å². The van der Waals surface area contributed by atoms with Gasteiger partial charge in [-0.2, -0.15) is 0 Å². The topological polar surface area (TPSA) is 50.8 Å². The highest BCUT2D eigenvalue weighted by molar-refractivity contribution is 5.97. The van der Waals surface area contributed by atoms with Crippen LogP contribution in [0.1, 0.15) is 22.0 Å². The third-order valence-electron chi connectivity index (χ3n) is 4.37. The first-order valence-electron chi connectivity index (χ1n) is 8.13. The molecule has 0 aromatic heterocycles. The van der Waals surface area contributed by atoms with Gasteiger partial charge in [0, 0.05) is 19.6 Å². The molecule has 0 bridgehead atoms. The Morgan fingerprint density at radius 3 is 2.69 bits per heavy atom. The van der Waals surface area contributed by atoms with E-state index in [0.717, 1.165) is 5.56 Å². The summed E-state index contributed by atoms with van der Waals surface area (Å²) in [4.78, 5) is 14.9. The average Bonchev–Trinajstić information content (AvgIpc) is 2.67. The second-order valence-corrected chi connectivity index (χ2v) is 5.84. The van der Waals surface area contributed by atoms with Crippen molar-refractivity contribution in [2.24, 2.45) is 0 Å². The molecule has 1 N–H and O–H groups in total. The Labute approximate surface area is 158 Å². The minimum atomic E-state index is -0.311. The van der Waals surface area contributed by atoms with Gasteiger partial charge < -0.3 is 19.7 Å². The van der Waals surface area contributed by atoms with Gasteiger partial charge in [-0.05, 0) is 35.9 Å². The molecule has 1 aliphatic rings. The molecule has 1 aliphatic heterocycles. The van der Waals surface area contributed by atoms with Crippen LogP contribution in [0, 0.1) is 5.82 Å². The van der Waals surface area contributed by atoms with Crippen LogP contribution in [-0.2, 0) is 0 Å². The zero-order chi connectivity index (χ0) is 17.8. The number of nitrogens with zero attached hydrogens (tertiary/aromatic N) is 1. The van der Waals surface area contributed by atoms with E-state index in [2.05, 4.69) is 5.32 Å². The van der Waals surface area contributed by atoms with E-state index in [1.807, 2.05) is 6.07 Å². The van der Waals surface area contributed by atoms with Gasteiger partial charge in [0.2, 0.25) is 0 Å². The summed E-state index contributed by atoms with van der Waals surface area (Å²) in [5.41, 5.74) is 1.20. The fraction of sp³-hybridized carbons (Fsp3) is 0.316. The number of halogens is 2. The fourth-order valence-electron chi connectivity index (χ4n) is 3.09. The monoisotopic (exact) mass is 380 g/mol. The third kappa shape index (κ3) is 4.08. The van der Waals surface area contributed by atoms with Gasteiger partial charge in [0.05, 0.1) is 25.8 Å². The van der Waals surface area contributed by atoms with Crippen molar-refractivity contribution in [2.75, 3.05) is 33.9 Å². The largest absolute Gasteiger partial charge is 0.497 e. The van der Waals surface area contributed by atoms with Gasteiger partial charge in [-0.25, -0.2) is 4.39 Å². The zero-order valence-electron chi connectivity index (χ0n) is 14.7. The molecule has 1 fully saturated rings. The molecule has 0 spiro atoms. The molecule has 1 amide bonds. The van der Waals surface area contributed by atoms with Crippen LogP contribution in [0.5, 0.6) is 11.5 Å². The van der Waals surface area contributed by atoms with Crippen LogP contribution in [0.15, 0.2) is 42.5 Å². The molecule has 1 heterocycles. The first-order valence-corrected chi connectivity index (χ1v) is 8.13. The molecular weight excluding hydrogens is 359 g/mol. The zero-order valence-corrected chi connectivity index (χ0v) is 15.5. The molecule has 26 heavy (non-hydrogen) atoms. The van der Waals surface area contributed by atoms with Gasteiger partial charge in [0.25, 0.3) is 5.91 Å². The maximum atomic E-state index is 13.6. The number of hydrogen-bond acceptors (Lipinski definition) is 4. The van der Waals surface area contributed by atoms with Crippen molar-refractivity contribution in [3.05, 3.63) is 59.4 Å². The Morgan fingerprint density at radius 2 is 2.00 bits per heavy atom. The van der Waals surface area contributed by atoms with Gasteiger partial charge in [-0.3, -0.25) is 4.79 Å². The number of carbonyl (C=O) groups is 1. The van der Waals surface area contributed by atoms with Crippen LogP contribution in [0.4, 0.5) is 4.39 Å². The Kier molecular flexibility index (Phi) is 6.83. The Balaban J connectivity index is 0.00000243. The number of hydrogen-bond donors (Lipinski definition) is 1. The van der Waals surface area contributed by atoms with Crippen molar-refractivity contribution >= 4 is 18.3 Å². The van der Waals surface area contributed by atoms with Crippen LogP contribution in [0.3, 0.4) is 0 Å². The van der Waals surface area contributed by atoms with Gasteiger partial charge in [0.1, 0.15) is 17.3 Å². The maximum absolute atomic E-state index is 13.6. The van der Waals surface area contributed by atoms with Crippen LogP contribution in [0.25, 0.3) is 0 Å². The molecule has 140 valence electrons. The number of methoxy groups -OCH3 is 2. The molecule has 0 radical (unpaired) electrons. The van der Waals surface area contributed by atoms with E-state index in [4.69, 9.17) is 9.47 Å². The number of carbonyl (C=O) groups excluding carboxylic acids is 1. The van der Waals surface area contributed by atoms with E-state index in [-0.39, 0.29) is 30.2 Å². The molecule has 2 aromatic rings. The van der Waals surface area contributed by atoms with Gasteiger partial charge >= 0.3 is 0 Å². The van der Waals surface area contributed by atoms with Crippen LogP contribution in [-0.4, -0.2) is 44.7 Å². The first kappa shape index (κ1) is 20.0. The second kappa shape index (κ2) is 8.87. The van der Waals surface area contributed by atoms with E-state index >= 15 is 0 Å². The molecule has 0 saturated carbocycles. The van der Waals surface area contributed by atoms with E-state index in [1.54, 1.807) is 36.3 Å². The first-order chi connectivity index (χ1) is 12.1. The molecule has 0 aliphatic carbocycles. The van der Waals surface area contributed by atoms with Gasteiger partial charge in [0.15, 0.2) is 0 Å². The highest BCUT2D eigenvalue weighted by Crippen LogP contribution is 2.30. The van der Waals surface area contributed by atoms with Crippen molar-refractivity contribution in [1.29, 1.82) is 0 Å². The van der Waals surface area contributed by atoms with E-state index in [1.165, 1.54) is 19.2 Å². The van der Waals surface area contributed by atoms with Gasteiger partial charge in [-0.1, -0.05) is 12.1 Å². The molecule has 7 heteroatoms. The summed E-state index contributed by atoms with van der Waals surface area (Å²) < 4.78 is 24.2. The average molecular weight is 381 g/mol. The predicted octanol–water partition coefficient (Wildman–Crippen LogP) is 3.05. The Bertz CT molecular complexity index is 772. The molecule has 5 nitrogen and oxygen atoms in total. The van der Waals surface area contributed by atoms with Crippen molar-refractivity contribution < 1.29 is 18.7 Å². The second-order valence-electron chi connectivity index (χ2n) is 5.84. The lowest BCUT2D eigenvalue weighted by Crippen LogP contribution is -2.48. The van der Waals surface area contributed by atoms with Gasteiger partial charge in [-0.15, -0.1) is 12.4 Å². The summed E-state index contributed by atoms with van der Waals surface area (Å²) in [6.07, 6.45) is 0. The minimum absolute atomic E-state index is 0. The van der Waals surface area contributed by atoms with Crippen molar-refractivity contribution in [3.63, 3.8) is 0 Å². The predicted molar refractivity (Wildman–Crippen MR) is 99.8 cm³/mol. The highest BCUT2D eigenvalue weighted by atomic mass is 35.5. The van der Waals surface area contributed by atoms with Crippen molar-refractivity contribution in [2.45, 2.75) is 6.04 Å². The lowest BCUT2D eigenvalue weighted by atomic mass is 10.0. The number of rotatable bonds is 4. The van der Waals surface area contributed by atoms with Crippen molar-refractivity contribution in [1.82, 2.24) is 10.2 Å². The van der Waals surface area contributed by atoms with Crippen LogP contribution in [0.2, 0.25) is 0 Å². The van der Waals surface area contributed by atoms with Crippen LogP contribution < -0.4 is 14.8 Å². The number of amides is 1. The highest BCUT2D eigenvalue weighted by Gasteiger charge is 2.30. The molecule has 2 aromatic carbocycles. The summed E-state index contributed by atoms with van der Waals surface area (Å²) in [5.74, 6) is 0.602. The summed E-state index contributed by atoms with van der Waals surface area (Å²) in [6.45, 7) is 1.78. The number of ether oxygens (including phenoxy) is 2. The van der Waals surface area contributed by atoms with E-state index in [0.29, 0.717) is 36.7 Å². The minimum Gasteiger partial charge on any atom is -0.497 e. The summed E-state index contributed by atoms with van der Waals surface area (Å²) in [6, 6.07) is 11.3. The Morgan fingerprint density at radius 1 is 1.19 bits per heavy atom. The molecule has 1 atom stereocenters. The summed E-state index contributed by atoms with van der Waals surface area (Å²) >= 11 is 0. The maximum Gasteiger partial charge on any atom is 0.258 e. The standard InChI is InChI=1S/C19H21FN2O3.ClH/c1-24-15-6-7-18(25-2)16(11-15)19(23)22-9-8-21-12-17(22)13-4-3-5-14(20)10-13;/h3-7,10-11,17,21H,8-9,12H2,1-2H3;1H.